The highest BCUT2D eigenvalue weighted by Crippen LogP contribution is 2.31. The highest BCUT2D eigenvalue weighted by molar-refractivity contribution is 5.79. The Morgan fingerprint density at radius 2 is 1.71 bits per heavy atom. The summed E-state index contributed by atoms with van der Waals surface area (Å²) in [6.45, 7) is 9.08. The summed E-state index contributed by atoms with van der Waals surface area (Å²) in [6, 6.07) is 0. The van der Waals surface area contributed by atoms with Crippen molar-refractivity contribution in [3.63, 3.8) is 0 Å². The second-order valence-corrected chi connectivity index (χ2v) is 8.02. The van der Waals surface area contributed by atoms with E-state index < -0.39 is 5.60 Å². The first-order valence-electron chi connectivity index (χ1n) is 9.07. The van der Waals surface area contributed by atoms with Gasteiger partial charge in [-0.3, -0.25) is 4.79 Å². The molecule has 0 aromatic carbocycles. The molecule has 0 unspecified atom stereocenters. The molecular formula is C18H32N2O4. The fourth-order valence-electron chi connectivity index (χ4n) is 3.44. The number of ether oxygens (including phenoxy) is 2. The van der Waals surface area contributed by atoms with Gasteiger partial charge >= 0.3 is 6.09 Å². The van der Waals surface area contributed by atoms with Crippen LogP contribution < -0.4 is 0 Å². The fourth-order valence-corrected chi connectivity index (χ4v) is 3.44. The first kappa shape index (κ1) is 19.0. The molecule has 1 aliphatic carbocycles. The van der Waals surface area contributed by atoms with E-state index in [1.54, 1.807) is 11.9 Å². The number of carbonyl (C=O) groups excluding carboxylic acids is 2. The lowest BCUT2D eigenvalue weighted by molar-refractivity contribution is -0.141. The summed E-state index contributed by atoms with van der Waals surface area (Å²) in [4.78, 5) is 28.2. The largest absolute Gasteiger partial charge is 0.444 e. The van der Waals surface area contributed by atoms with E-state index in [-0.39, 0.29) is 17.9 Å². The maximum atomic E-state index is 12.5. The second-order valence-electron chi connectivity index (χ2n) is 8.02. The third-order valence-electron chi connectivity index (χ3n) is 4.76. The molecule has 2 rings (SSSR count). The lowest BCUT2D eigenvalue weighted by Crippen LogP contribution is -2.45. The van der Waals surface area contributed by atoms with Crippen molar-refractivity contribution in [3.8, 4) is 0 Å². The molecule has 0 spiro atoms. The molecule has 0 N–H and O–H groups in total. The normalized spacial score (nSPS) is 25.2. The summed E-state index contributed by atoms with van der Waals surface area (Å²) >= 11 is 0. The zero-order chi connectivity index (χ0) is 17.7. The third-order valence-corrected chi connectivity index (χ3v) is 4.76. The Balaban J connectivity index is 1.74. The van der Waals surface area contributed by atoms with E-state index in [1.165, 1.54) is 0 Å². The molecule has 1 heterocycles. The van der Waals surface area contributed by atoms with E-state index in [2.05, 4.69) is 0 Å². The molecule has 6 nitrogen and oxygen atoms in total. The van der Waals surface area contributed by atoms with Crippen molar-refractivity contribution in [1.29, 1.82) is 0 Å². The quantitative estimate of drug-likeness (QED) is 0.792. The zero-order valence-electron chi connectivity index (χ0n) is 15.5. The Hall–Kier alpha value is -1.30. The van der Waals surface area contributed by atoms with E-state index in [0.717, 1.165) is 38.8 Å². The first-order chi connectivity index (χ1) is 11.3. The number of nitrogens with zero attached hydrogens (tertiary/aromatic N) is 2. The van der Waals surface area contributed by atoms with Crippen molar-refractivity contribution in [2.45, 2.75) is 52.1 Å². The van der Waals surface area contributed by atoms with Gasteiger partial charge in [0, 0.05) is 32.6 Å². The van der Waals surface area contributed by atoms with Gasteiger partial charge in [0.2, 0.25) is 5.91 Å². The maximum Gasteiger partial charge on any atom is 0.410 e. The molecule has 0 aromatic heterocycles. The topological polar surface area (TPSA) is 59.1 Å². The molecule has 1 saturated carbocycles. The molecule has 1 saturated heterocycles. The molecule has 0 atom stereocenters. The number of morpholine rings is 1. The van der Waals surface area contributed by atoms with Gasteiger partial charge in [-0.15, -0.1) is 0 Å². The Labute approximate surface area is 145 Å². The molecule has 6 heteroatoms. The van der Waals surface area contributed by atoms with Gasteiger partial charge in [0.05, 0.1) is 13.2 Å². The average molecular weight is 340 g/mol. The van der Waals surface area contributed by atoms with E-state index in [0.29, 0.717) is 25.7 Å². The van der Waals surface area contributed by atoms with E-state index in [4.69, 9.17) is 9.47 Å². The van der Waals surface area contributed by atoms with Crippen molar-refractivity contribution in [1.82, 2.24) is 9.80 Å². The second kappa shape index (κ2) is 8.19. The lowest BCUT2D eigenvalue weighted by Gasteiger charge is -2.35. The van der Waals surface area contributed by atoms with Gasteiger partial charge in [-0.25, -0.2) is 4.79 Å². The van der Waals surface area contributed by atoms with Crippen molar-refractivity contribution in [3.05, 3.63) is 0 Å². The van der Waals surface area contributed by atoms with Crippen LogP contribution in [0.4, 0.5) is 4.79 Å². The number of hydrogen-bond donors (Lipinski definition) is 0. The predicted molar refractivity (Wildman–Crippen MR) is 91.7 cm³/mol. The minimum Gasteiger partial charge on any atom is -0.444 e. The van der Waals surface area contributed by atoms with Crippen molar-refractivity contribution in [2.24, 2.45) is 11.8 Å². The van der Waals surface area contributed by atoms with E-state index in [9.17, 15) is 9.59 Å². The Bertz CT molecular complexity index is 433. The number of carbonyl (C=O) groups is 2. The molecule has 2 amide bonds. The van der Waals surface area contributed by atoms with Crippen LogP contribution >= 0.6 is 0 Å². The van der Waals surface area contributed by atoms with Gasteiger partial charge < -0.3 is 19.3 Å². The Morgan fingerprint density at radius 1 is 1.12 bits per heavy atom. The van der Waals surface area contributed by atoms with Crippen LogP contribution in [0.15, 0.2) is 0 Å². The summed E-state index contributed by atoms with van der Waals surface area (Å²) in [6.07, 6.45) is 3.56. The van der Waals surface area contributed by atoms with E-state index in [1.807, 2.05) is 25.7 Å². The highest BCUT2D eigenvalue weighted by Gasteiger charge is 2.31. The smallest absolute Gasteiger partial charge is 0.410 e. The summed E-state index contributed by atoms with van der Waals surface area (Å²) in [5, 5.41) is 0. The number of hydrogen-bond acceptors (Lipinski definition) is 4. The summed E-state index contributed by atoms with van der Waals surface area (Å²) in [7, 11) is 1.79. The van der Waals surface area contributed by atoms with Crippen LogP contribution in [-0.4, -0.2) is 67.3 Å². The molecule has 0 bridgehead atoms. The van der Waals surface area contributed by atoms with Crippen LogP contribution in [0, 0.1) is 11.8 Å². The average Bonchev–Trinajstić information content (AvgIpc) is 2.54. The Morgan fingerprint density at radius 3 is 2.25 bits per heavy atom. The lowest BCUT2D eigenvalue weighted by atomic mass is 9.81. The number of rotatable bonds is 3. The summed E-state index contributed by atoms with van der Waals surface area (Å²) in [5.41, 5.74) is -0.465. The Kier molecular flexibility index (Phi) is 6.49. The molecule has 0 aromatic rings. The third kappa shape index (κ3) is 5.65. The highest BCUT2D eigenvalue weighted by atomic mass is 16.6. The van der Waals surface area contributed by atoms with Gasteiger partial charge in [-0.2, -0.15) is 0 Å². The minimum atomic E-state index is -0.465. The zero-order valence-corrected chi connectivity index (χ0v) is 15.5. The van der Waals surface area contributed by atoms with Crippen LogP contribution in [0.3, 0.4) is 0 Å². The van der Waals surface area contributed by atoms with E-state index >= 15 is 0 Å². The monoisotopic (exact) mass is 340 g/mol. The van der Waals surface area contributed by atoms with Gasteiger partial charge in [-0.05, 0) is 52.4 Å². The first-order valence-corrected chi connectivity index (χ1v) is 9.07. The standard InChI is InChI=1S/C18H32N2O4/c1-18(2,3)24-17(22)19(4)13-14-5-7-15(8-6-14)16(21)20-9-11-23-12-10-20/h14-15H,5-13H2,1-4H3. The minimum absolute atomic E-state index is 0.145. The predicted octanol–water partition coefficient (Wildman–Crippen LogP) is 2.52. The van der Waals surface area contributed by atoms with Crippen molar-refractivity contribution >= 4 is 12.0 Å². The molecule has 24 heavy (non-hydrogen) atoms. The molecular weight excluding hydrogens is 308 g/mol. The van der Waals surface area contributed by atoms with Gasteiger partial charge in [0.1, 0.15) is 5.60 Å². The fraction of sp³-hybridized carbons (Fsp3) is 0.889. The molecule has 2 aliphatic rings. The van der Waals surface area contributed by atoms with Gasteiger partial charge in [0.25, 0.3) is 0 Å². The molecule has 138 valence electrons. The van der Waals surface area contributed by atoms with Crippen LogP contribution in [-0.2, 0) is 14.3 Å². The maximum absolute atomic E-state index is 12.5. The van der Waals surface area contributed by atoms with Gasteiger partial charge in [0.15, 0.2) is 0 Å². The SMILES string of the molecule is CN(CC1CCC(C(=O)N2CCOCC2)CC1)C(=O)OC(C)(C)C. The summed E-state index contributed by atoms with van der Waals surface area (Å²) < 4.78 is 10.7. The van der Waals surface area contributed by atoms with Crippen molar-refractivity contribution in [2.75, 3.05) is 39.9 Å². The van der Waals surface area contributed by atoms with Crippen LogP contribution in [0.2, 0.25) is 0 Å². The summed E-state index contributed by atoms with van der Waals surface area (Å²) in [5.74, 6) is 0.889. The molecule has 1 aliphatic heterocycles. The van der Waals surface area contributed by atoms with Crippen LogP contribution in [0.5, 0.6) is 0 Å². The molecule has 0 radical (unpaired) electrons. The van der Waals surface area contributed by atoms with Gasteiger partial charge in [-0.1, -0.05) is 0 Å². The number of amides is 2. The van der Waals surface area contributed by atoms with Crippen LogP contribution in [0.25, 0.3) is 0 Å². The van der Waals surface area contributed by atoms with Crippen LogP contribution in [0.1, 0.15) is 46.5 Å². The van der Waals surface area contributed by atoms with Crippen molar-refractivity contribution < 1.29 is 19.1 Å². The molecule has 2 fully saturated rings.